The molecule has 98 valence electrons. The van der Waals surface area contributed by atoms with Gasteiger partial charge in [-0.25, -0.2) is 10.0 Å². The molecule has 1 saturated heterocycles. The summed E-state index contributed by atoms with van der Waals surface area (Å²) in [5, 5.41) is 1.19. The number of rotatable bonds is 3. The molecule has 2 rings (SSSR count). The molecule has 18 heavy (non-hydrogen) atoms. The first-order valence-electron chi connectivity index (χ1n) is 6.17. The Labute approximate surface area is 107 Å². The highest BCUT2D eigenvalue weighted by Gasteiger charge is 2.18. The van der Waals surface area contributed by atoms with Gasteiger partial charge in [0.1, 0.15) is 5.69 Å². The van der Waals surface area contributed by atoms with Gasteiger partial charge in [0, 0.05) is 31.5 Å². The first-order valence-corrected chi connectivity index (χ1v) is 6.17. The Kier molecular flexibility index (Phi) is 3.81. The van der Waals surface area contributed by atoms with E-state index in [1.54, 1.807) is 7.05 Å². The maximum absolute atomic E-state index is 12.0. The van der Waals surface area contributed by atoms with Gasteiger partial charge >= 0.3 is 0 Å². The molecule has 1 fully saturated rings. The lowest BCUT2D eigenvalue weighted by atomic mass is 10.2. The zero-order valence-corrected chi connectivity index (χ0v) is 11.1. The van der Waals surface area contributed by atoms with Crippen molar-refractivity contribution in [3.63, 3.8) is 0 Å². The molecule has 0 radical (unpaired) electrons. The second-order valence-electron chi connectivity index (χ2n) is 4.53. The van der Waals surface area contributed by atoms with Crippen LogP contribution in [0.4, 0.5) is 5.69 Å². The molecule has 5 nitrogen and oxygen atoms in total. The zero-order chi connectivity index (χ0) is 13.1. The van der Waals surface area contributed by atoms with Crippen molar-refractivity contribution >= 4 is 11.6 Å². The molecule has 0 aliphatic carbocycles. The summed E-state index contributed by atoms with van der Waals surface area (Å²) in [6, 6.07) is 3.87. The van der Waals surface area contributed by atoms with Gasteiger partial charge in [0.15, 0.2) is 0 Å². The van der Waals surface area contributed by atoms with Gasteiger partial charge in [0.05, 0.1) is 7.11 Å². The van der Waals surface area contributed by atoms with E-state index >= 15 is 0 Å². The van der Waals surface area contributed by atoms with Crippen LogP contribution < -0.4 is 4.90 Å². The molecule has 0 spiro atoms. The molecule has 0 aromatic carbocycles. The topological polar surface area (TPSA) is 45.7 Å². The average Bonchev–Trinajstić information content (AvgIpc) is 2.90. The van der Waals surface area contributed by atoms with Crippen molar-refractivity contribution in [3.05, 3.63) is 23.5 Å². The summed E-state index contributed by atoms with van der Waals surface area (Å²) in [5.74, 6) is -0.221. The highest BCUT2D eigenvalue weighted by molar-refractivity contribution is 5.92. The summed E-state index contributed by atoms with van der Waals surface area (Å²) in [6.45, 7) is 4.01. The first kappa shape index (κ1) is 12.8. The van der Waals surface area contributed by atoms with Crippen molar-refractivity contribution in [3.8, 4) is 0 Å². The number of hydroxylamine groups is 2. The molecule has 0 atom stereocenters. The number of anilines is 1. The monoisotopic (exact) mass is 249 g/mol. The van der Waals surface area contributed by atoms with E-state index in [9.17, 15) is 4.79 Å². The third-order valence-electron chi connectivity index (χ3n) is 3.19. The first-order chi connectivity index (χ1) is 8.61. The van der Waals surface area contributed by atoms with Crippen LogP contribution in [0.3, 0.4) is 0 Å². The Hall–Kier alpha value is -1.62. The van der Waals surface area contributed by atoms with Crippen LogP contribution in [0.15, 0.2) is 12.1 Å². The van der Waals surface area contributed by atoms with Crippen LogP contribution in [0.5, 0.6) is 0 Å². The van der Waals surface area contributed by atoms with E-state index in [0.29, 0.717) is 5.69 Å². The molecular formula is C13H19N3O2. The molecule has 1 aromatic rings. The van der Waals surface area contributed by atoms with Gasteiger partial charge in [-0.1, -0.05) is 0 Å². The molecule has 1 aliphatic rings. The Morgan fingerprint density at radius 2 is 2.06 bits per heavy atom. The summed E-state index contributed by atoms with van der Waals surface area (Å²) >= 11 is 0. The minimum atomic E-state index is -0.221. The summed E-state index contributed by atoms with van der Waals surface area (Å²) in [7, 11) is 3.05. The van der Waals surface area contributed by atoms with Crippen LogP contribution in [-0.4, -0.2) is 43.2 Å². The van der Waals surface area contributed by atoms with Gasteiger partial charge < -0.3 is 4.90 Å². The molecule has 0 unspecified atom stereocenters. The van der Waals surface area contributed by atoms with Gasteiger partial charge in [-0.2, -0.15) is 0 Å². The lowest BCUT2D eigenvalue weighted by Crippen LogP contribution is -2.27. The number of pyridine rings is 1. The number of hydrogen-bond donors (Lipinski definition) is 0. The predicted molar refractivity (Wildman–Crippen MR) is 69.5 cm³/mol. The molecule has 0 saturated carbocycles. The number of carbonyl (C=O) groups excluding carboxylic acids is 1. The summed E-state index contributed by atoms with van der Waals surface area (Å²) in [4.78, 5) is 23.5. The van der Waals surface area contributed by atoms with E-state index in [1.807, 2.05) is 19.1 Å². The van der Waals surface area contributed by atoms with Crippen LogP contribution in [0.25, 0.3) is 0 Å². The van der Waals surface area contributed by atoms with Crippen LogP contribution in [0, 0.1) is 6.92 Å². The van der Waals surface area contributed by atoms with Crippen molar-refractivity contribution in [2.45, 2.75) is 19.8 Å². The quantitative estimate of drug-likeness (QED) is 0.764. The maximum atomic E-state index is 12.0. The molecular weight excluding hydrogens is 230 g/mol. The Morgan fingerprint density at radius 1 is 1.39 bits per heavy atom. The molecule has 1 aliphatic heterocycles. The van der Waals surface area contributed by atoms with E-state index < -0.39 is 0 Å². The molecule has 1 amide bonds. The van der Waals surface area contributed by atoms with E-state index in [1.165, 1.54) is 25.0 Å². The standard InChI is InChI=1S/C13H19N3O2/c1-10-8-11(16-6-4-5-7-16)9-12(14-10)13(17)15(2)18-3/h8-9H,4-7H2,1-3H3. The predicted octanol–water partition coefficient (Wildman–Crippen LogP) is 1.62. The van der Waals surface area contributed by atoms with Crippen molar-refractivity contribution in [1.29, 1.82) is 0 Å². The minimum absolute atomic E-state index is 0.221. The SMILES string of the molecule is CON(C)C(=O)c1cc(N2CCCC2)cc(C)n1. The normalized spacial score (nSPS) is 14.9. The molecule has 1 aromatic heterocycles. The van der Waals surface area contributed by atoms with Gasteiger partial charge in [0.25, 0.3) is 5.91 Å². The molecule has 2 heterocycles. The maximum Gasteiger partial charge on any atom is 0.295 e. The second kappa shape index (κ2) is 5.35. The number of aromatic nitrogens is 1. The summed E-state index contributed by atoms with van der Waals surface area (Å²) in [5.41, 5.74) is 2.36. The van der Waals surface area contributed by atoms with E-state index in [2.05, 4.69) is 9.88 Å². The lowest BCUT2D eigenvalue weighted by molar-refractivity contribution is -0.0760. The number of amides is 1. The van der Waals surface area contributed by atoms with Crippen LogP contribution in [-0.2, 0) is 4.84 Å². The van der Waals surface area contributed by atoms with E-state index in [-0.39, 0.29) is 5.91 Å². The fourth-order valence-corrected chi connectivity index (χ4v) is 2.16. The molecule has 5 heteroatoms. The van der Waals surface area contributed by atoms with E-state index in [0.717, 1.165) is 24.5 Å². The van der Waals surface area contributed by atoms with Crippen LogP contribution in [0.2, 0.25) is 0 Å². The second-order valence-corrected chi connectivity index (χ2v) is 4.53. The third-order valence-corrected chi connectivity index (χ3v) is 3.19. The largest absolute Gasteiger partial charge is 0.371 e. The third kappa shape index (κ3) is 2.61. The van der Waals surface area contributed by atoms with Crippen molar-refractivity contribution < 1.29 is 9.63 Å². The Bertz CT molecular complexity index is 442. The van der Waals surface area contributed by atoms with Crippen LogP contribution in [0.1, 0.15) is 29.0 Å². The summed E-state index contributed by atoms with van der Waals surface area (Å²) in [6.07, 6.45) is 2.42. The highest BCUT2D eigenvalue weighted by atomic mass is 16.7. The van der Waals surface area contributed by atoms with Gasteiger partial charge in [-0.3, -0.25) is 9.63 Å². The molecule has 0 bridgehead atoms. The van der Waals surface area contributed by atoms with Crippen molar-refractivity contribution in [2.24, 2.45) is 0 Å². The molecule has 0 N–H and O–H groups in total. The highest BCUT2D eigenvalue weighted by Crippen LogP contribution is 2.22. The Balaban J connectivity index is 2.28. The van der Waals surface area contributed by atoms with Crippen molar-refractivity contribution in [2.75, 3.05) is 32.1 Å². The number of aryl methyl sites for hydroxylation is 1. The minimum Gasteiger partial charge on any atom is -0.371 e. The zero-order valence-electron chi connectivity index (χ0n) is 11.1. The summed E-state index contributed by atoms with van der Waals surface area (Å²) < 4.78 is 0. The van der Waals surface area contributed by atoms with Crippen molar-refractivity contribution in [1.82, 2.24) is 10.0 Å². The fraction of sp³-hybridized carbons (Fsp3) is 0.538. The smallest absolute Gasteiger partial charge is 0.295 e. The van der Waals surface area contributed by atoms with Crippen LogP contribution >= 0.6 is 0 Å². The van der Waals surface area contributed by atoms with Gasteiger partial charge in [-0.05, 0) is 31.9 Å². The number of nitrogens with zero attached hydrogens (tertiary/aromatic N) is 3. The number of hydrogen-bond acceptors (Lipinski definition) is 4. The van der Waals surface area contributed by atoms with E-state index in [4.69, 9.17) is 4.84 Å². The average molecular weight is 249 g/mol. The fourth-order valence-electron chi connectivity index (χ4n) is 2.16. The lowest BCUT2D eigenvalue weighted by Gasteiger charge is -2.20. The van der Waals surface area contributed by atoms with Gasteiger partial charge in [-0.15, -0.1) is 0 Å². The van der Waals surface area contributed by atoms with Gasteiger partial charge in [0.2, 0.25) is 0 Å². The number of carbonyl (C=O) groups is 1. The Morgan fingerprint density at radius 3 is 2.67 bits per heavy atom.